The predicted octanol–water partition coefficient (Wildman–Crippen LogP) is 1.24. The molecule has 0 amide bonds. The lowest BCUT2D eigenvalue weighted by molar-refractivity contribution is 0.0725. The second kappa shape index (κ2) is 3.03. The van der Waals surface area contributed by atoms with Crippen LogP contribution >= 0.6 is 0 Å². The molecule has 0 spiro atoms. The van der Waals surface area contributed by atoms with Gasteiger partial charge in [-0.15, -0.1) is 0 Å². The summed E-state index contributed by atoms with van der Waals surface area (Å²) in [7, 11) is 0. The van der Waals surface area contributed by atoms with Gasteiger partial charge in [0.2, 0.25) is 0 Å². The van der Waals surface area contributed by atoms with Gasteiger partial charge in [0.05, 0.1) is 12.5 Å². The summed E-state index contributed by atoms with van der Waals surface area (Å²) >= 11 is 0. The van der Waals surface area contributed by atoms with Gasteiger partial charge >= 0.3 is 0 Å². The van der Waals surface area contributed by atoms with Crippen LogP contribution in [0.15, 0.2) is 0 Å². The second-order valence-electron chi connectivity index (χ2n) is 3.27. The fourth-order valence-electron chi connectivity index (χ4n) is 1.37. The predicted molar refractivity (Wildman–Crippen MR) is 40.4 cm³/mol. The van der Waals surface area contributed by atoms with Crippen molar-refractivity contribution in [3.8, 4) is 6.07 Å². The van der Waals surface area contributed by atoms with Gasteiger partial charge < -0.3 is 0 Å². The first-order valence-electron chi connectivity index (χ1n) is 3.85. The van der Waals surface area contributed by atoms with E-state index in [0.717, 1.165) is 5.92 Å². The molecule has 1 saturated heterocycles. The molecule has 1 heterocycles. The second-order valence-corrected chi connectivity index (χ2v) is 3.27. The molecule has 0 bridgehead atoms. The fourth-order valence-corrected chi connectivity index (χ4v) is 1.37. The zero-order valence-corrected chi connectivity index (χ0v) is 6.67. The first kappa shape index (κ1) is 7.56. The first-order valence-corrected chi connectivity index (χ1v) is 3.85. The molecule has 0 saturated carbocycles. The number of likely N-dealkylation sites (tertiary alicyclic amines) is 1. The summed E-state index contributed by atoms with van der Waals surface area (Å²) in [6.07, 6.45) is 0.673. The third kappa shape index (κ3) is 1.48. The highest BCUT2D eigenvalue weighted by molar-refractivity contribution is 4.86. The molecule has 0 aromatic heterocycles. The van der Waals surface area contributed by atoms with Crippen molar-refractivity contribution in [1.82, 2.24) is 4.90 Å². The summed E-state index contributed by atoms with van der Waals surface area (Å²) in [4.78, 5) is 2.36. The molecule has 56 valence electrons. The van der Waals surface area contributed by atoms with E-state index in [9.17, 15) is 0 Å². The van der Waals surface area contributed by atoms with Crippen LogP contribution in [0.4, 0.5) is 0 Å². The molecule has 2 nitrogen and oxygen atoms in total. The Morgan fingerprint density at radius 1 is 1.70 bits per heavy atom. The molecule has 0 aromatic rings. The van der Waals surface area contributed by atoms with E-state index in [1.165, 1.54) is 13.1 Å². The largest absolute Gasteiger partial charge is 0.299 e. The highest BCUT2D eigenvalue weighted by atomic mass is 15.2. The molecular formula is C8H14N2. The van der Waals surface area contributed by atoms with Crippen molar-refractivity contribution in [2.24, 2.45) is 5.92 Å². The molecule has 1 aliphatic heterocycles. The molecule has 0 radical (unpaired) electrons. The van der Waals surface area contributed by atoms with E-state index in [0.29, 0.717) is 12.5 Å². The average Bonchev–Trinajstić information content (AvgIpc) is 1.82. The number of nitriles is 1. The van der Waals surface area contributed by atoms with Crippen molar-refractivity contribution in [3.63, 3.8) is 0 Å². The monoisotopic (exact) mass is 138 g/mol. The minimum atomic E-state index is 0.473. The van der Waals surface area contributed by atoms with Crippen molar-refractivity contribution in [2.75, 3.05) is 13.1 Å². The van der Waals surface area contributed by atoms with Gasteiger partial charge in [0, 0.05) is 19.1 Å². The maximum Gasteiger partial charge on any atom is 0.0638 e. The third-order valence-electron chi connectivity index (χ3n) is 2.10. The number of nitrogens with zero attached hydrogens (tertiary/aromatic N) is 2. The summed E-state index contributed by atoms with van der Waals surface area (Å²) in [5.41, 5.74) is 0. The zero-order valence-electron chi connectivity index (χ0n) is 6.67. The summed E-state index contributed by atoms with van der Waals surface area (Å²) in [5, 5.41) is 8.39. The van der Waals surface area contributed by atoms with Gasteiger partial charge in [-0.2, -0.15) is 5.26 Å². The van der Waals surface area contributed by atoms with Crippen LogP contribution in [0.2, 0.25) is 0 Å². The Hall–Kier alpha value is -0.550. The first-order chi connectivity index (χ1) is 4.74. The lowest BCUT2D eigenvalue weighted by atomic mass is 9.99. The van der Waals surface area contributed by atoms with Gasteiger partial charge in [0.15, 0.2) is 0 Å². The minimum absolute atomic E-state index is 0.473. The Kier molecular flexibility index (Phi) is 2.29. The minimum Gasteiger partial charge on any atom is -0.299 e. The van der Waals surface area contributed by atoms with Gasteiger partial charge in [0.25, 0.3) is 0 Å². The Balaban J connectivity index is 2.19. The SMILES string of the molecule is CC1CN(C(C)CC#N)C1. The fraction of sp³-hybridized carbons (Fsp3) is 0.875. The van der Waals surface area contributed by atoms with E-state index in [2.05, 4.69) is 24.8 Å². The van der Waals surface area contributed by atoms with Gasteiger partial charge in [-0.1, -0.05) is 6.92 Å². The van der Waals surface area contributed by atoms with Gasteiger partial charge in [0.1, 0.15) is 0 Å². The lowest BCUT2D eigenvalue weighted by Crippen LogP contribution is -2.49. The van der Waals surface area contributed by atoms with Crippen LogP contribution < -0.4 is 0 Å². The summed E-state index contributed by atoms with van der Waals surface area (Å²) in [6, 6.07) is 2.66. The Morgan fingerprint density at radius 3 is 2.70 bits per heavy atom. The molecule has 0 aliphatic carbocycles. The smallest absolute Gasteiger partial charge is 0.0638 e. The van der Waals surface area contributed by atoms with E-state index in [-0.39, 0.29) is 0 Å². The molecule has 0 aromatic carbocycles. The van der Waals surface area contributed by atoms with Crippen molar-refractivity contribution in [2.45, 2.75) is 26.3 Å². The van der Waals surface area contributed by atoms with Gasteiger partial charge in [-0.3, -0.25) is 4.90 Å². The number of hydrogen-bond donors (Lipinski definition) is 0. The molecule has 1 atom stereocenters. The molecule has 1 rings (SSSR count). The van der Waals surface area contributed by atoms with Crippen LogP contribution in [0.3, 0.4) is 0 Å². The van der Waals surface area contributed by atoms with Crippen LogP contribution in [0.1, 0.15) is 20.3 Å². The molecule has 1 fully saturated rings. The van der Waals surface area contributed by atoms with Crippen molar-refractivity contribution < 1.29 is 0 Å². The maximum absolute atomic E-state index is 8.39. The van der Waals surface area contributed by atoms with E-state index in [1.807, 2.05) is 0 Å². The number of rotatable bonds is 2. The van der Waals surface area contributed by atoms with Gasteiger partial charge in [-0.05, 0) is 12.8 Å². The van der Waals surface area contributed by atoms with Gasteiger partial charge in [-0.25, -0.2) is 0 Å². The summed E-state index contributed by atoms with van der Waals surface area (Å²) < 4.78 is 0. The van der Waals surface area contributed by atoms with Crippen molar-refractivity contribution >= 4 is 0 Å². The molecule has 1 unspecified atom stereocenters. The topological polar surface area (TPSA) is 27.0 Å². The van der Waals surface area contributed by atoms with Crippen LogP contribution in [0.25, 0.3) is 0 Å². The Labute approximate surface area is 62.4 Å². The quantitative estimate of drug-likeness (QED) is 0.574. The van der Waals surface area contributed by atoms with Crippen molar-refractivity contribution in [3.05, 3.63) is 0 Å². The molecule has 0 N–H and O–H groups in total. The van der Waals surface area contributed by atoms with E-state index in [4.69, 9.17) is 5.26 Å². The molecule has 10 heavy (non-hydrogen) atoms. The van der Waals surface area contributed by atoms with E-state index < -0.39 is 0 Å². The number of hydrogen-bond acceptors (Lipinski definition) is 2. The third-order valence-corrected chi connectivity index (χ3v) is 2.10. The summed E-state index contributed by atoms with van der Waals surface area (Å²) in [6.45, 7) is 6.73. The highest BCUT2D eigenvalue weighted by Gasteiger charge is 2.26. The van der Waals surface area contributed by atoms with Crippen LogP contribution in [0.5, 0.6) is 0 Å². The Morgan fingerprint density at radius 2 is 2.30 bits per heavy atom. The lowest BCUT2D eigenvalue weighted by Gasteiger charge is -2.40. The zero-order chi connectivity index (χ0) is 7.56. The van der Waals surface area contributed by atoms with E-state index >= 15 is 0 Å². The van der Waals surface area contributed by atoms with Crippen LogP contribution in [-0.4, -0.2) is 24.0 Å². The Bertz CT molecular complexity index is 142. The highest BCUT2D eigenvalue weighted by Crippen LogP contribution is 2.18. The normalized spacial score (nSPS) is 23.3. The summed E-state index contributed by atoms with van der Waals surface area (Å²) in [5.74, 6) is 0.848. The van der Waals surface area contributed by atoms with E-state index in [1.54, 1.807) is 0 Å². The average molecular weight is 138 g/mol. The van der Waals surface area contributed by atoms with Crippen LogP contribution in [0, 0.1) is 17.2 Å². The standard InChI is InChI=1S/C8H14N2/c1-7-5-10(6-7)8(2)3-4-9/h7-8H,3,5-6H2,1-2H3. The van der Waals surface area contributed by atoms with Crippen molar-refractivity contribution in [1.29, 1.82) is 5.26 Å². The van der Waals surface area contributed by atoms with Crippen LogP contribution in [-0.2, 0) is 0 Å². The molecule has 1 aliphatic rings. The molecule has 2 heteroatoms. The molecular weight excluding hydrogens is 124 g/mol. The maximum atomic E-state index is 8.39.